The Morgan fingerprint density at radius 1 is 1.43 bits per heavy atom. The van der Waals surface area contributed by atoms with Gasteiger partial charge in [0.2, 0.25) is 0 Å². The van der Waals surface area contributed by atoms with Gasteiger partial charge in [0, 0.05) is 6.42 Å². The fraction of sp³-hybridized carbons (Fsp3) is 0.333. The number of aromatic amines is 1. The summed E-state index contributed by atoms with van der Waals surface area (Å²) in [7, 11) is 0. The van der Waals surface area contributed by atoms with Gasteiger partial charge in [0.05, 0.1) is 10.7 Å². The van der Waals surface area contributed by atoms with E-state index in [-0.39, 0.29) is 17.0 Å². The predicted molar refractivity (Wildman–Crippen MR) is 85.3 cm³/mol. The van der Waals surface area contributed by atoms with Crippen LogP contribution in [0.2, 0.25) is 5.02 Å². The molecule has 0 radical (unpaired) electrons. The van der Waals surface area contributed by atoms with Gasteiger partial charge < -0.3 is 4.98 Å². The summed E-state index contributed by atoms with van der Waals surface area (Å²) in [6.45, 7) is 4.09. The van der Waals surface area contributed by atoms with Crippen molar-refractivity contribution in [2.45, 2.75) is 26.7 Å². The summed E-state index contributed by atoms with van der Waals surface area (Å²) in [5.41, 5.74) is 0.841. The van der Waals surface area contributed by atoms with Crippen LogP contribution in [0.5, 0.6) is 0 Å². The summed E-state index contributed by atoms with van der Waals surface area (Å²) in [5.74, 6) is 0.321. The molecule has 1 aromatic heterocycles. The molecule has 2 aromatic rings. The number of halogens is 3. The lowest BCUT2D eigenvalue weighted by atomic mass is 10.1. The van der Waals surface area contributed by atoms with Crippen LogP contribution < -0.4 is 5.56 Å². The summed E-state index contributed by atoms with van der Waals surface area (Å²) < 4.78 is 14.4. The topological polar surface area (TPSA) is 45.8 Å². The van der Waals surface area contributed by atoms with E-state index < -0.39 is 5.82 Å². The Labute approximate surface area is 135 Å². The van der Waals surface area contributed by atoms with Crippen molar-refractivity contribution in [2.24, 2.45) is 5.92 Å². The first-order valence-electron chi connectivity index (χ1n) is 6.59. The lowest BCUT2D eigenvalue weighted by Gasteiger charge is -2.09. The molecule has 0 bridgehead atoms. The van der Waals surface area contributed by atoms with Gasteiger partial charge in [-0.1, -0.05) is 37.6 Å². The Morgan fingerprint density at radius 3 is 2.81 bits per heavy atom. The predicted octanol–water partition coefficient (Wildman–Crippen LogP) is 4.11. The van der Waals surface area contributed by atoms with Crippen LogP contribution in [-0.2, 0) is 12.8 Å². The highest BCUT2D eigenvalue weighted by Gasteiger charge is 2.13. The van der Waals surface area contributed by atoms with E-state index in [0.717, 1.165) is 0 Å². The Hall–Kier alpha value is -1.20. The van der Waals surface area contributed by atoms with E-state index in [1.807, 2.05) is 13.8 Å². The number of H-pyrrole nitrogens is 1. The van der Waals surface area contributed by atoms with Crippen molar-refractivity contribution in [3.8, 4) is 0 Å². The van der Waals surface area contributed by atoms with Crippen LogP contribution in [0.1, 0.15) is 30.9 Å². The molecule has 6 heteroatoms. The minimum Gasteiger partial charge on any atom is -0.309 e. The number of nitrogens with one attached hydrogen (secondary N) is 1. The number of benzene rings is 1. The second-order valence-corrected chi connectivity index (χ2v) is 6.46. The zero-order valence-electron chi connectivity index (χ0n) is 11.7. The summed E-state index contributed by atoms with van der Waals surface area (Å²) in [5, 5.41) is 0.0642. The minimum atomic E-state index is -0.477. The van der Waals surface area contributed by atoms with Crippen molar-refractivity contribution in [3.63, 3.8) is 0 Å². The third-order valence-electron chi connectivity index (χ3n) is 2.97. The lowest BCUT2D eigenvalue weighted by Crippen LogP contribution is -2.17. The van der Waals surface area contributed by atoms with Gasteiger partial charge in [-0.15, -0.1) is 0 Å². The zero-order valence-corrected chi connectivity index (χ0v) is 14.1. The molecule has 1 heterocycles. The van der Waals surface area contributed by atoms with Gasteiger partial charge >= 0.3 is 0 Å². The first-order valence-corrected chi connectivity index (χ1v) is 7.76. The van der Waals surface area contributed by atoms with Gasteiger partial charge in [0.15, 0.2) is 0 Å². The smallest absolute Gasteiger partial charge is 0.265 e. The minimum absolute atomic E-state index is 0.0642. The molecule has 0 aliphatic rings. The van der Waals surface area contributed by atoms with Crippen LogP contribution in [0.4, 0.5) is 4.39 Å². The van der Waals surface area contributed by atoms with E-state index in [1.54, 1.807) is 12.1 Å². The number of hydrogen-bond donors (Lipinski definition) is 1. The zero-order chi connectivity index (χ0) is 15.6. The second-order valence-electron chi connectivity index (χ2n) is 5.26. The number of rotatable bonds is 4. The van der Waals surface area contributed by atoms with Gasteiger partial charge in [-0.05, 0) is 39.9 Å². The van der Waals surface area contributed by atoms with Gasteiger partial charge in [-0.2, -0.15) is 0 Å². The molecule has 0 fully saturated rings. The quantitative estimate of drug-likeness (QED) is 0.876. The number of hydrogen-bond acceptors (Lipinski definition) is 2. The molecule has 3 nitrogen and oxygen atoms in total. The largest absolute Gasteiger partial charge is 0.309 e. The molecule has 21 heavy (non-hydrogen) atoms. The van der Waals surface area contributed by atoms with Crippen molar-refractivity contribution in [2.75, 3.05) is 0 Å². The standard InChI is InChI=1S/C15H15BrClFN2O/c1-8(2)6-11-13(16)15(21)20-12(19-11)7-9-4-3-5-10(17)14(9)18/h3-5,8H,6-7H2,1-2H3,(H,19,20,21). The maximum absolute atomic E-state index is 13.9. The monoisotopic (exact) mass is 372 g/mol. The van der Waals surface area contributed by atoms with Gasteiger partial charge in [-0.25, -0.2) is 9.37 Å². The van der Waals surface area contributed by atoms with Gasteiger partial charge in [0.1, 0.15) is 16.1 Å². The molecule has 0 spiro atoms. The van der Waals surface area contributed by atoms with Crippen LogP contribution >= 0.6 is 27.5 Å². The van der Waals surface area contributed by atoms with Crippen molar-refractivity contribution in [3.05, 3.63) is 60.9 Å². The van der Waals surface area contributed by atoms with Crippen molar-refractivity contribution in [1.82, 2.24) is 9.97 Å². The van der Waals surface area contributed by atoms with Crippen LogP contribution in [-0.4, -0.2) is 9.97 Å². The maximum Gasteiger partial charge on any atom is 0.265 e. The molecule has 0 amide bonds. The molecule has 0 aliphatic carbocycles. The van der Waals surface area contributed by atoms with Crippen molar-refractivity contribution >= 4 is 27.5 Å². The first kappa shape index (κ1) is 16.2. The number of nitrogens with zero attached hydrogens (tertiary/aromatic N) is 1. The molecule has 0 saturated carbocycles. The van der Waals surface area contributed by atoms with E-state index in [0.29, 0.717) is 33.9 Å². The number of aromatic nitrogens is 2. The highest BCUT2D eigenvalue weighted by Crippen LogP contribution is 2.20. The van der Waals surface area contributed by atoms with Crippen molar-refractivity contribution < 1.29 is 4.39 Å². The normalized spacial score (nSPS) is 11.1. The molecule has 112 valence electrons. The first-order chi connectivity index (χ1) is 9.88. The van der Waals surface area contributed by atoms with Gasteiger partial charge in [0.25, 0.3) is 5.56 Å². The van der Waals surface area contributed by atoms with Crippen LogP contribution in [0.3, 0.4) is 0 Å². The summed E-state index contributed by atoms with van der Waals surface area (Å²) in [6, 6.07) is 4.79. The molecule has 0 unspecified atom stereocenters. The molecule has 0 aliphatic heterocycles. The third kappa shape index (κ3) is 3.92. The Bertz CT molecular complexity index is 715. The molecular formula is C15H15BrClFN2O. The molecule has 2 rings (SSSR count). The summed E-state index contributed by atoms with van der Waals surface area (Å²) in [4.78, 5) is 19.0. The Morgan fingerprint density at radius 2 is 2.14 bits per heavy atom. The van der Waals surface area contributed by atoms with Crippen LogP contribution in [0, 0.1) is 11.7 Å². The summed E-state index contributed by atoms with van der Waals surface area (Å²) in [6.07, 6.45) is 0.871. The van der Waals surface area contributed by atoms with E-state index in [1.165, 1.54) is 6.07 Å². The molecule has 0 saturated heterocycles. The van der Waals surface area contributed by atoms with Crippen LogP contribution in [0.15, 0.2) is 27.5 Å². The lowest BCUT2D eigenvalue weighted by molar-refractivity contribution is 0.608. The average Bonchev–Trinajstić information content (AvgIpc) is 2.40. The molecule has 1 aromatic carbocycles. The molecule has 1 N–H and O–H groups in total. The average molecular weight is 374 g/mol. The summed E-state index contributed by atoms with van der Waals surface area (Å²) >= 11 is 9.01. The van der Waals surface area contributed by atoms with Crippen molar-refractivity contribution in [1.29, 1.82) is 0 Å². The van der Waals surface area contributed by atoms with E-state index in [9.17, 15) is 9.18 Å². The Balaban J connectivity index is 2.38. The van der Waals surface area contributed by atoms with E-state index in [2.05, 4.69) is 25.9 Å². The van der Waals surface area contributed by atoms with Crippen LogP contribution in [0.25, 0.3) is 0 Å². The molecular weight excluding hydrogens is 359 g/mol. The maximum atomic E-state index is 13.9. The fourth-order valence-electron chi connectivity index (χ4n) is 2.03. The van der Waals surface area contributed by atoms with E-state index >= 15 is 0 Å². The van der Waals surface area contributed by atoms with E-state index in [4.69, 9.17) is 11.6 Å². The second kappa shape index (κ2) is 6.71. The Kier molecular flexibility index (Phi) is 5.17. The highest BCUT2D eigenvalue weighted by atomic mass is 79.9. The highest BCUT2D eigenvalue weighted by molar-refractivity contribution is 9.10. The molecule has 0 atom stereocenters. The van der Waals surface area contributed by atoms with Gasteiger partial charge in [-0.3, -0.25) is 4.79 Å². The SMILES string of the molecule is CC(C)Cc1nc(Cc2cccc(Cl)c2F)[nH]c(=O)c1Br. The third-order valence-corrected chi connectivity index (χ3v) is 4.08. The fourth-order valence-corrected chi connectivity index (χ4v) is 2.57.